The Labute approximate surface area is 131 Å². The number of rotatable bonds is 3. The lowest BCUT2D eigenvalue weighted by molar-refractivity contribution is 0.371. The van der Waals surface area contributed by atoms with Gasteiger partial charge in [0.1, 0.15) is 6.54 Å². The van der Waals surface area contributed by atoms with E-state index in [9.17, 15) is 4.79 Å². The zero-order chi connectivity index (χ0) is 15.8. The predicted octanol–water partition coefficient (Wildman–Crippen LogP) is 2.44. The Morgan fingerprint density at radius 1 is 1.00 bits per heavy atom. The van der Waals surface area contributed by atoms with Crippen molar-refractivity contribution in [2.75, 3.05) is 0 Å². The van der Waals surface area contributed by atoms with Crippen LogP contribution >= 0.6 is 0 Å². The van der Waals surface area contributed by atoms with Gasteiger partial charge in [0.2, 0.25) is 11.7 Å². The smallest absolute Gasteiger partial charge is 0.329 e. The van der Waals surface area contributed by atoms with Gasteiger partial charge >= 0.3 is 5.69 Å². The highest BCUT2D eigenvalue weighted by Crippen LogP contribution is 2.17. The minimum Gasteiger partial charge on any atom is -0.337 e. The van der Waals surface area contributed by atoms with Crippen LogP contribution in [0.5, 0.6) is 0 Å². The van der Waals surface area contributed by atoms with Gasteiger partial charge in [-0.2, -0.15) is 4.98 Å². The molecule has 0 spiro atoms. The molecule has 0 aliphatic heterocycles. The van der Waals surface area contributed by atoms with Crippen molar-refractivity contribution in [3.8, 4) is 11.4 Å². The Kier molecular flexibility index (Phi) is 3.08. The van der Waals surface area contributed by atoms with Crippen LogP contribution in [0.3, 0.4) is 0 Å². The first kappa shape index (κ1) is 13.5. The average molecular weight is 306 g/mol. The quantitative estimate of drug-likeness (QED) is 0.583. The largest absolute Gasteiger partial charge is 0.337 e. The highest BCUT2D eigenvalue weighted by atomic mass is 16.5. The fourth-order valence-corrected chi connectivity index (χ4v) is 2.67. The number of hydrogen-bond donors (Lipinski definition) is 0. The van der Waals surface area contributed by atoms with Gasteiger partial charge in [0.15, 0.2) is 0 Å². The maximum absolute atomic E-state index is 12.4. The molecule has 0 bridgehead atoms. The summed E-state index contributed by atoms with van der Waals surface area (Å²) in [7, 11) is 1.75. The van der Waals surface area contributed by atoms with Crippen LogP contribution in [0.15, 0.2) is 63.9 Å². The minimum atomic E-state index is -0.106. The Morgan fingerprint density at radius 2 is 1.70 bits per heavy atom. The molecule has 0 saturated heterocycles. The van der Waals surface area contributed by atoms with E-state index in [0.29, 0.717) is 11.7 Å². The Morgan fingerprint density at radius 3 is 2.48 bits per heavy atom. The first-order valence-corrected chi connectivity index (χ1v) is 7.26. The topological polar surface area (TPSA) is 65.8 Å². The fourth-order valence-electron chi connectivity index (χ4n) is 2.67. The molecule has 4 aromatic rings. The van der Waals surface area contributed by atoms with Crippen LogP contribution in [-0.2, 0) is 13.6 Å². The third-order valence-electron chi connectivity index (χ3n) is 3.85. The number of nitrogens with zero attached hydrogens (tertiary/aromatic N) is 4. The molecule has 0 radical (unpaired) electrons. The van der Waals surface area contributed by atoms with E-state index in [4.69, 9.17) is 4.52 Å². The van der Waals surface area contributed by atoms with Gasteiger partial charge in [0.25, 0.3) is 0 Å². The standard InChI is InChI=1S/C17H14N4O2/c1-20-13-9-5-6-10-14(13)21(17(20)22)11-15-18-16(19-23-15)12-7-3-2-4-8-12/h2-10H,11H2,1H3. The number of hydrogen-bond acceptors (Lipinski definition) is 4. The molecule has 114 valence electrons. The van der Waals surface area contributed by atoms with E-state index >= 15 is 0 Å². The average Bonchev–Trinajstić information content (AvgIpc) is 3.16. The van der Waals surface area contributed by atoms with Gasteiger partial charge < -0.3 is 4.52 Å². The van der Waals surface area contributed by atoms with E-state index in [1.54, 1.807) is 16.2 Å². The second kappa shape index (κ2) is 5.24. The molecule has 6 nitrogen and oxygen atoms in total. The summed E-state index contributed by atoms with van der Waals surface area (Å²) < 4.78 is 8.56. The Hall–Kier alpha value is -3.15. The molecule has 0 amide bonds. The van der Waals surface area contributed by atoms with Gasteiger partial charge in [-0.15, -0.1) is 0 Å². The van der Waals surface area contributed by atoms with Crippen LogP contribution in [0.4, 0.5) is 0 Å². The summed E-state index contributed by atoms with van der Waals surface area (Å²) in [5, 5.41) is 3.99. The van der Waals surface area contributed by atoms with E-state index < -0.39 is 0 Å². The van der Waals surface area contributed by atoms with Gasteiger partial charge in [0.05, 0.1) is 11.0 Å². The second-order valence-corrected chi connectivity index (χ2v) is 5.29. The van der Waals surface area contributed by atoms with Crippen molar-refractivity contribution in [1.82, 2.24) is 19.3 Å². The first-order chi connectivity index (χ1) is 11.2. The minimum absolute atomic E-state index is 0.106. The first-order valence-electron chi connectivity index (χ1n) is 7.26. The van der Waals surface area contributed by atoms with Crippen molar-refractivity contribution in [1.29, 1.82) is 0 Å². The molecule has 4 rings (SSSR count). The fraction of sp³-hybridized carbons (Fsp3) is 0.118. The van der Waals surface area contributed by atoms with Gasteiger partial charge in [-0.25, -0.2) is 4.79 Å². The van der Waals surface area contributed by atoms with Gasteiger partial charge in [-0.1, -0.05) is 47.6 Å². The molecule has 0 atom stereocenters. The molecule has 2 aromatic heterocycles. The van der Waals surface area contributed by atoms with Crippen LogP contribution in [-0.4, -0.2) is 19.3 Å². The molecule has 0 unspecified atom stereocenters. The summed E-state index contributed by atoms with van der Waals surface area (Å²) in [5.41, 5.74) is 2.50. The van der Waals surface area contributed by atoms with Gasteiger partial charge in [-0.3, -0.25) is 9.13 Å². The summed E-state index contributed by atoms with van der Waals surface area (Å²) in [6.07, 6.45) is 0. The molecule has 2 heterocycles. The molecule has 23 heavy (non-hydrogen) atoms. The number of aromatic nitrogens is 4. The lowest BCUT2D eigenvalue weighted by atomic mass is 10.2. The number of fused-ring (bicyclic) bond motifs is 1. The van der Waals surface area contributed by atoms with Gasteiger partial charge in [0, 0.05) is 12.6 Å². The lowest BCUT2D eigenvalue weighted by Crippen LogP contribution is -2.22. The van der Waals surface area contributed by atoms with Crippen LogP contribution in [0.2, 0.25) is 0 Å². The Balaban J connectivity index is 1.74. The molecular formula is C17H14N4O2. The van der Waals surface area contributed by atoms with Crippen molar-refractivity contribution >= 4 is 11.0 Å². The molecule has 0 aliphatic carbocycles. The van der Waals surface area contributed by atoms with Crippen molar-refractivity contribution < 1.29 is 4.52 Å². The SMILES string of the molecule is Cn1c(=O)n(Cc2nc(-c3ccccc3)no2)c2ccccc21. The normalized spacial score (nSPS) is 11.2. The monoisotopic (exact) mass is 306 g/mol. The molecular weight excluding hydrogens is 292 g/mol. The molecule has 0 saturated carbocycles. The van der Waals surface area contributed by atoms with Crippen LogP contribution < -0.4 is 5.69 Å². The number of benzene rings is 2. The zero-order valence-corrected chi connectivity index (χ0v) is 12.5. The van der Waals surface area contributed by atoms with Crippen molar-refractivity contribution in [2.45, 2.75) is 6.54 Å². The summed E-state index contributed by atoms with van der Waals surface area (Å²) >= 11 is 0. The van der Waals surface area contributed by atoms with Crippen molar-refractivity contribution in [3.05, 3.63) is 71.0 Å². The third-order valence-corrected chi connectivity index (χ3v) is 3.85. The van der Waals surface area contributed by atoms with Crippen molar-refractivity contribution in [3.63, 3.8) is 0 Å². The molecule has 2 aromatic carbocycles. The van der Waals surface area contributed by atoms with Crippen LogP contribution in [0, 0.1) is 0 Å². The van der Waals surface area contributed by atoms with Crippen LogP contribution in [0.25, 0.3) is 22.4 Å². The number of aryl methyl sites for hydroxylation is 1. The summed E-state index contributed by atoms with van der Waals surface area (Å²) in [5.74, 6) is 0.927. The summed E-state index contributed by atoms with van der Waals surface area (Å²) in [6, 6.07) is 17.2. The third kappa shape index (κ3) is 2.24. The maximum atomic E-state index is 12.4. The molecule has 0 aliphatic rings. The zero-order valence-electron chi connectivity index (χ0n) is 12.5. The lowest BCUT2D eigenvalue weighted by Gasteiger charge is -1.97. The van der Waals surface area contributed by atoms with E-state index in [-0.39, 0.29) is 12.2 Å². The Bertz CT molecular complexity index is 1030. The summed E-state index contributed by atoms with van der Waals surface area (Å²) in [6.45, 7) is 0.250. The van der Waals surface area contributed by atoms with E-state index in [2.05, 4.69) is 10.1 Å². The summed E-state index contributed by atoms with van der Waals surface area (Å²) in [4.78, 5) is 16.8. The number of para-hydroxylation sites is 2. The van der Waals surface area contributed by atoms with Crippen molar-refractivity contribution in [2.24, 2.45) is 7.05 Å². The highest BCUT2D eigenvalue weighted by Gasteiger charge is 2.14. The molecule has 6 heteroatoms. The van der Waals surface area contributed by atoms with Crippen LogP contribution in [0.1, 0.15) is 5.89 Å². The van der Waals surface area contributed by atoms with E-state index in [1.807, 2.05) is 54.6 Å². The predicted molar refractivity (Wildman–Crippen MR) is 86.0 cm³/mol. The highest BCUT2D eigenvalue weighted by molar-refractivity contribution is 5.75. The van der Waals surface area contributed by atoms with E-state index in [0.717, 1.165) is 16.6 Å². The molecule has 0 N–H and O–H groups in total. The van der Waals surface area contributed by atoms with Gasteiger partial charge in [-0.05, 0) is 12.1 Å². The number of imidazole rings is 1. The second-order valence-electron chi connectivity index (χ2n) is 5.29. The molecule has 0 fully saturated rings. The van der Waals surface area contributed by atoms with E-state index in [1.165, 1.54) is 0 Å². The maximum Gasteiger partial charge on any atom is 0.329 e.